The number of hydrogen-bond acceptors (Lipinski definition) is 5. The molecule has 0 aliphatic rings. The first-order chi connectivity index (χ1) is 13.5. The molecule has 2 aromatic carbocycles. The van der Waals surface area contributed by atoms with Gasteiger partial charge in [0.25, 0.3) is 5.56 Å². The van der Waals surface area contributed by atoms with Crippen LogP contribution >= 0.6 is 0 Å². The van der Waals surface area contributed by atoms with E-state index in [1.54, 1.807) is 11.5 Å². The molecule has 4 aromatic rings. The van der Waals surface area contributed by atoms with Crippen LogP contribution in [0, 0.1) is 13.8 Å². The molecule has 0 aliphatic heterocycles. The average molecular weight is 374 g/mol. The fourth-order valence-corrected chi connectivity index (χ4v) is 3.28. The maximum Gasteiger partial charge on any atom is 0.272 e. The van der Waals surface area contributed by atoms with Gasteiger partial charge in [-0.1, -0.05) is 41.9 Å². The molecule has 0 unspecified atom stereocenters. The summed E-state index contributed by atoms with van der Waals surface area (Å²) in [5.74, 6) is 1.09. The molecule has 2 aromatic heterocycles. The summed E-state index contributed by atoms with van der Waals surface area (Å²) in [4.78, 5) is 21.4. The highest BCUT2D eigenvalue weighted by Crippen LogP contribution is 2.22. The number of fused-ring (bicyclic) bond motifs is 1. The summed E-state index contributed by atoms with van der Waals surface area (Å²) in [5.41, 5.74) is 5.20. The Labute approximate surface area is 162 Å². The topological polar surface area (TPSA) is 73.8 Å². The molecule has 6 nitrogen and oxygen atoms in total. The minimum Gasteiger partial charge on any atom is -0.339 e. The van der Waals surface area contributed by atoms with Crippen molar-refractivity contribution in [3.8, 4) is 11.4 Å². The van der Waals surface area contributed by atoms with Gasteiger partial charge < -0.3 is 9.09 Å². The van der Waals surface area contributed by atoms with E-state index < -0.39 is 0 Å². The monoisotopic (exact) mass is 374 g/mol. The highest BCUT2D eigenvalue weighted by molar-refractivity contribution is 5.80. The summed E-state index contributed by atoms with van der Waals surface area (Å²) >= 11 is 0. The fraction of sp³-hybridized carbons (Fsp3) is 0.273. The smallest absolute Gasteiger partial charge is 0.272 e. The Bertz CT molecular complexity index is 1190. The quantitative estimate of drug-likeness (QED) is 0.526. The molecule has 28 heavy (non-hydrogen) atoms. The summed E-state index contributed by atoms with van der Waals surface area (Å²) in [6.45, 7) is 6.52. The van der Waals surface area contributed by atoms with Gasteiger partial charge in [-0.15, -0.1) is 0 Å². The molecule has 2 heterocycles. The van der Waals surface area contributed by atoms with Crippen LogP contribution in [-0.4, -0.2) is 19.7 Å². The van der Waals surface area contributed by atoms with Gasteiger partial charge in [-0.25, -0.2) is 4.98 Å². The van der Waals surface area contributed by atoms with Crippen LogP contribution in [0.1, 0.15) is 36.1 Å². The van der Waals surface area contributed by atoms with Gasteiger partial charge in [0.2, 0.25) is 11.7 Å². The van der Waals surface area contributed by atoms with Gasteiger partial charge >= 0.3 is 0 Å². The summed E-state index contributed by atoms with van der Waals surface area (Å²) in [6, 6.07) is 14.0. The molecule has 0 radical (unpaired) electrons. The first-order valence-corrected chi connectivity index (χ1v) is 9.45. The normalized spacial score (nSPS) is 11.2. The van der Waals surface area contributed by atoms with Crippen molar-refractivity contribution in [1.82, 2.24) is 19.7 Å². The van der Waals surface area contributed by atoms with E-state index in [4.69, 9.17) is 4.52 Å². The molecule has 0 bridgehead atoms. The largest absolute Gasteiger partial charge is 0.339 e. The number of aryl methyl sites for hydroxylation is 3. The molecule has 0 aliphatic carbocycles. The van der Waals surface area contributed by atoms with E-state index >= 15 is 0 Å². The van der Waals surface area contributed by atoms with Crippen LogP contribution in [0.4, 0.5) is 0 Å². The highest BCUT2D eigenvalue weighted by atomic mass is 16.5. The van der Waals surface area contributed by atoms with E-state index in [2.05, 4.69) is 53.2 Å². The van der Waals surface area contributed by atoms with Crippen molar-refractivity contribution in [1.29, 1.82) is 0 Å². The second kappa shape index (κ2) is 7.38. The molecule has 4 rings (SSSR count). The lowest BCUT2D eigenvalue weighted by Gasteiger charge is -2.10. The van der Waals surface area contributed by atoms with Gasteiger partial charge in [-0.05, 0) is 44.0 Å². The zero-order valence-electron chi connectivity index (χ0n) is 16.3. The standard InChI is InChI=1S/C22H22N4O2/c1-4-11-26-19-10-9-17(13-18(19)23-15(3)22(26)27)21-24-20(28-25-21)12-16-7-5-14(2)6-8-16/h5-10,13H,4,11-12H2,1-3H3. The maximum absolute atomic E-state index is 12.4. The Balaban J connectivity index is 1.68. The van der Waals surface area contributed by atoms with Gasteiger partial charge in [0.15, 0.2) is 0 Å². The molecular weight excluding hydrogens is 352 g/mol. The predicted octanol–water partition coefficient (Wildman–Crippen LogP) is 4.06. The number of hydrogen-bond donors (Lipinski definition) is 0. The van der Waals surface area contributed by atoms with Crippen molar-refractivity contribution in [3.63, 3.8) is 0 Å². The number of aromatic nitrogens is 4. The molecule has 0 saturated carbocycles. The third-order valence-corrected chi connectivity index (χ3v) is 4.76. The summed E-state index contributed by atoms with van der Waals surface area (Å²) in [5, 5.41) is 4.12. The molecule has 0 fully saturated rings. The molecule has 0 atom stereocenters. The average Bonchev–Trinajstić information content (AvgIpc) is 3.15. The van der Waals surface area contributed by atoms with Crippen LogP contribution in [0.15, 0.2) is 51.8 Å². The molecule has 0 N–H and O–H groups in total. The number of benzene rings is 2. The summed E-state index contributed by atoms with van der Waals surface area (Å²) in [6.07, 6.45) is 1.47. The lowest BCUT2D eigenvalue weighted by atomic mass is 10.1. The van der Waals surface area contributed by atoms with E-state index in [0.717, 1.165) is 28.6 Å². The van der Waals surface area contributed by atoms with Crippen molar-refractivity contribution < 1.29 is 4.52 Å². The summed E-state index contributed by atoms with van der Waals surface area (Å²) < 4.78 is 7.21. The zero-order chi connectivity index (χ0) is 19.7. The number of nitrogens with zero attached hydrogens (tertiary/aromatic N) is 4. The maximum atomic E-state index is 12.4. The van der Waals surface area contributed by atoms with Gasteiger partial charge in [-0.2, -0.15) is 4.98 Å². The Morgan fingerprint density at radius 2 is 1.82 bits per heavy atom. The van der Waals surface area contributed by atoms with E-state index in [1.165, 1.54) is 5.56 Å². The first kappa shape index (κ1) is 18.1. The van der Waals surface area contributed by atoms with Crippen molar-refractivity contribution in [2.75, 3.05) is 0 Å². The Morgan fingerprint density at radius 3 is 2.57 bits per heavy atom. The van der Waals surface area contributed by atoms with Gasteiger partial charge in [0.05, 0.1) is 17.5 Å². The van der Waals surface area contributed by atoms with E-state index in [9.17, 15) is 4.79 Å². The van der Waals surface area contributed by atoms with Crippen LogP contribution in [0.2, 0.25) is 0 Å². The van der Waals surface area contributed by atoms with Gasteiger partial charge in [0.1, 0.15) is 5.69 Å². The van der Waals surface area contributed by atoms with Crippen LogP contribution in [-0.2, 0) is 13.0 Å². The van der Waals surface area contributed by atoms with Crippen LogP contribution in [0.3, 0.4) is 0 Å². The van der Waals surface area contributed by atoms with Crippen molar-refractivity contribution >= 4 is 11.0 Å². The molecule has 142 valence electrons. The lowest BCUT2D eigenvalue weighted by Crippen LogP contribution is -2.24. The van der Waals surface area contributed by atoms with E-state index in [0.29, 0.717) is 30.4 Å². The molecule has 0 spiro atoms. The van der Waals surface area contributed by atoms with Crippen molar-refractivity contribution in [2.24, 2.45) is 0 Å². The number of rotatable bonds is 5. The van der Waals surface area contributed by atoms with E-state index in [-0.39, 0.29) is 5.56 Å². The second-order valence-electron chi connectivity index (χ2n) is 7.03. The minimum absolute atomic E-state index is 0.0398. The molecular formula is C22H22N4O2. The Kier molecular flexibility index (Phi) is 4.77. The summed E-state index contributed by atoms with van der Waals surface area (Å²) in [7, 11) is 0. The SMILES string of the molecule is CCCn1c(=O)c(C)nc2cc(-c3noc(Cc4ccc(C)cc4)n3)ccc21. The minimum atomic E-state index is -0.0398. The van der Waals surface area contributed by atoms with E-state index in [1.807, 2.05) is 18.2 Å². The Hall–Kier alpha value is -3.28. The highest BCUT2D eigenvalue weighted by Gasteiger charge is 2.13. The predicted molar refractivity (Wildman–Crippen MR) is 108 cm³/mol. The Morgan fingerprint density at radius 1 is 1.04 bits per heavy atom. The van der Waals surface area contributed by atoms with Gasteiger partial charge in [-0.3, -0.25) is 4.79 Å². The fourth-order valence-electron chi connectivity index (χ4n) is 3.28. The van der Waals surface area contributed by atoms with Gasteiger partial charge in [0, 0.05) is 12.1 Å². The molecule has 0 amide bonds. The van der Waals surface area contributed by atoms with Crippen LogP contribution < -0.4 is 5.56 Å². The molecule has 6 heteroatoms. The zero-order valence-corrected chi connectivity index (χ0v) is 16.3. The second-order valence-corrected chi connectivity index (χ2v) is 7.03. The van der Waals surface area contributed by atoms with Crippen LogP contribution in [0.25, 0.3) is 22.4 Å². The molecule has 0 saturated heterocycles. The first-order valence-electron chi connectivity index (χ1n) is 9.45. The lowest BCUT2D eigenvalue weighted by molar-refractivity contribution is 0.385. The van der Waals surface area contributed by atoms with Crippen molar-refractivity contribution in [3.05, 3.63) is 75.5 Å². The third-order valence-electron chi connectivity index (χ3n) is 4.76. The van der Waals surface area contributed by atoms with Crippen molar-refractivity contribution in [2.45, 2.75) is 40.2 Å². The third kappa shape index (κ3) is 3.45. The van der Waals surface area contributed by atoms with Crippen LogP contribution in [0.5, 0.6) is 0 Å².